The highest BCUT2D eigenvalue weighted by Gasteiger charge is 2.18. The molecule has 0 aromatic heterocycles. The summed E-state index contributed by atoms with van der Waals surface area (Å²) in [5.74, 6) is -0.636. The Kier molecular flexibility index (Phi) is 7.77. The molecule has 0 saturated heterocycles. The number of aliphatic imine (C=N–C) groups is 1. The number of carbonyl (C=O) groups is 2. The molecule has 9 heteroatoms. The Balaban J connectivity index is 1.33. The number of hydrogen-bond donors (Lipinski definition) is 2. The van der Waals surface area contributed by atoms with E-state index < -0.39 is 28.5 Å². The summed E-state index contributed by atoms with van der Waals surface area (Å²) in [4.78, 5) is 28.9. The maximum absolute atomic E-state index is 12.8. The van der Waals surface area contributed by atoms with Gasteiger partial charge in [0.05, 0.1) is 11.3 Å². The number of sulfonamides is 1. The second-order valence-electron chi connectivity index (χ2n) is 8.30. The Morgan fingerprint density at radius 3 is 2.63 bits per heavy atom. The summed E-state index contributed by atoms with van der Waals surface area (Å²) < 4.78 is 33.2. The molecule has 3 aromatic carbocycles. The van der Waals surface area contributed by atoms with Gasteiger partial charge in [0.2, 0.25) is 0 Å². The zero-order valence-corrected chi connectivity index (χ0v) is 20.0. The molecule has 1 aliphatic heterocycles. The second-order valence-corrected chi connectivity index (χ2v) is 9.98. The largest absolute Gasteiger partial charge is 0.455 e. The fourth-order valence-corrected chi connectivity index (χ4v) is 5.04. The third-order valence-electron chi connectivity index (χ3n) is 5.63. The van der Waals surface area contributed by atoms with Crippen molar-refractivity contribution in [2.75, 3.05) is 18.5 Å². The first kappa shape index (κ1) is 24.4. The van der Waals surface area contributed by atoms with Crippen molar-refractivity contribution in [3.63, 3.8) is 0 Å². The van der Waals surface area contributed by atoms with Crippen LogP contribution in [0.25, 0.3) is 10.8 Å². The van der Waals surface area contributed by atoms with Crippen LogP contribution >= 0.6 is 0 Å². The van der Waals surface area contributed by atoms with Crippen molar-refractivity contribution in [3.05, 3.63) is 72.3 Å². The second kappa shape index (κ2) is 11.1. The van der Waals surface area contributed by atoms with E-state index in [1.165, 1.54) is 18.2 Å². The zero-order valence-electron chi connectivity index (χ0n) is 19.2. The van der Waals surface area contributed by atoms with Gasteiger partial charge in [0.1, 0.15) is 5.84 Å². The molecule has 1 aliphatic rings. The Morgan fingerprint density at radius 2 is 1.74 bits per heavy atom. The van der Waals surface area contributed by atoms with Crippen LogP contribution in [-0.4, -0.2) is 39.3 Å². The molecule has 0 atom stereocenters. The molecule has 0 unspecified atom stereocenters. The van der Waals surface area contributed by atoms with Crippen molar-refractivity contribution in [1.82, 2.24) is 4.72 Å². The number of carbonyl (C=O) groups excluding carboxylic acids is 2. The Bertz CT molecular complexity index is 1360. The lowest BCUT2D eigenvalue weighted by Gasteiger charge is -2.11. The molecule has 0 bridgehead atoms. The molecule has 0 spiro atoms. The van der Waals surface area contributed by atoms with Crippen LogP contribution in [0.5, 0.6) is 0 Å². The highest BCUT2D eigenvalue weighted by atomic mass is 32.2. The Morgan fingerprint density at radius 1 is 0.943 bits per heavy atom. The van der Waals surface area contributed by atoms with Gasteiger partial charge < -0.3 is 10.1 Å². The summed E-state index contributed by atoms with van der Waals surface area (Å²) in [6.07, 6.45) is 3.47. The molecule has 4 rings (SSSR count). The standard InChI is InChI=1S/C26H27N3O5S/c30-25(18-34-26(31)16-20-10-6-9-19-8-3-4-13-23(19)20)28-21-11-7-12-22(17-21)35(32,33)29-24-14-2-1-5-15-27-24/h3-4,6-13,17H,1-2,5,14-16,18H2,(H,27,29)(H,28,30). The normalized spacial score (nSPS) is 14.0. The van der Waals surface area contributed by atoms with Gasteiger partial charge in [-0.25, -0.2) is 8.42 Å². The van der Waals surface area contributed by atoms with E-state index in [9.17, 15) is 18.0 Å². The summed E-state index contributed by atoms with van der Waals surface area (Å²) in [6, 6.07) is 19.3. The van der Waals surface area contributed by atoms with Crippen molar-refractivity contribution in [2.45, 2.75) is 37.0 Å². The average molecular weight is 494 g/mol. The molecule has 1 amide bonds. The number of anilines is 1. The third kappa shape index (κ3) is 6.66. The van der Waals surface area contributed by atoms with Crippen molar-refractivity contribution in [3.8, 4) is 0 Å². The average Bonchev–Trinajstić information content (AvgIpc) is 3.11. The number of amidine groups is 1. The minimum Gasteiger partial charge on any atom is -0.455 e. The first-order valence-electron chi connectivity index (χ1n) is 11.5. The number of benzene rings is 3. The van der Waals surface area contributed by atoms with Crippen LogP contribution in [0, 0.1) is 0 Å². The summed E-state index contributed by atoms with van der Waals surface area (Å²) in [7, 11) is -3.83. The summed E-state index contributed by atoms with van der Waals surface area (Å²) >= 11 is 0. The van der Waals surface area contributed by atoms with E-state index in [4.69, 9.17) is 4.74 Å². The summed E-state index contributed by atoms with van der Waals surface area (Å²) in [6.45, 7) is 0.128. The minimum absolute atomic E-state index is 0.00944. The highest BCUT2D eigenvalue weighted by molar-refractivity contribution is 7.90. The van der Waals surface area contributed by atoms with Crippen molar-refractivity contribution < 1.29 is 22.7 Å². The van der Waals surface area contributed by atoms with Crippen LogP contribution in [0.1, 0.15) is 31.2 Å². The first-order valence-corrected chi connectivity index (χ1v) is 13.0. The van der Waals surface area contributed by atoms with Gasteiger partial charge in [-0.1, -0.05) is 55.0 Å². The molecular weight excluding hydrogens is 466 g/mol. The van der Waals surface area contributed by atoms with Crippen LogP contribution in [-0.2, 0) is 30.8 Å². The molecule has 182 valence electrons. The number of amides is 1. The molecule has 0 saturated carbocycles. The minimum atomic E-state index is -3.83. The highest BCUT2D eigenvalue weighted by Crippen LogP contribution is 2.19. The number of nitrogens with zero attached hydrogens (tertiary/aromatic N) is 1. The molecule has 8 nitrogen and oxygen atoms in total. The topological polar surface area (TPSA) is 114 Å². The van der Waals surface area contributed by atoms with E-state index in [0.717, 1.165) is 35.6 Å². The smallest absolute Gasteiger partial charge is 0.310 e. The van der Waals surface area contributed by atoms with E-state index >= 15 is 0 Å². The monoisotopic (exact) mass is 493 g/mol. The predicted octanol–water partition coefficient (Wildman–Crippen LogP) is 3.82. The van der Waals surface area contributed by atoms with E-state index in [0.29, 0.717) is 18.8 Å². The SMILES string of the molecule is O=C(COC(=O)Cc1cccc2ccccc12)Nc1cccc(S(=O)(=O)NC2=NCCCCC2)c1. The maximum Gasteiger partial charge on any atom is 0.310 e. The lowest BCUT2D eigenvalue weighted by molar-refractivity contribution is -0.146. The fraction of sp³-hybridized carbons (Fsp3) is 0.269. The predicted molar refractivity (Wildman–Crippen MR) is 135 cm³/mol. The Labute approximate surface area is 204 Å². The van der Waals surface area contributed by atoms with E-state index in [1.807, 2.05) is 42.5 Å². The van der Waals surface area contributed by atoms with E-state index in [-0.39, 0.29) is 17.0 Å². The van der Waals surface area contributed by atoms with Gasteiger partial charge in [0.15, 0.2) is 6.61 Å². The van der Waals surface area contributed by atoms with Crippen LogP contribution in [0.3, 0.4) is 0 Å². The number of ether oxygens (including phenoxy) is 1. The van der Waals surface area contributed by atoms with Crippen molar-refractivity contribution in [2.24, 2.45) is 4.99 Å². The fourth-order valence-electron chi connectivity index (χ4n) is 3.91. The van der Waals surface area contributed by atoms with Gasteiger partial charge in [-0.2, -0.15) is 0 Å². The zero-order chi connectivity index (χ0) is 24.7. The van der Waals surface area contributed by atoms with Gasteiger partial charge in [-0.15, -0.1) is 0 Å². The molecule has 0 radical (unpaired) electrons. The van der Waals surface area contributed by atoms with Crippen molar-refractivity contribution in [1.29, 1.82) is 0 Å². The molecule has 0 fully saturated rings. The maximum atomic E-state index is 12.8. The number of hydrogen-bond acceptors (Lipinski definition) is 6. The summed E-state index contributed by atoms with van der Waals surface area (Å²) in [5, 5.41) is 4.55. The lowest BCUT2D eigenvalue weighted by Crippen LogP contribution is -2.30. The van der Waals surface area contributed by atoms with Gasteiger partial charge in [0.25, 0.3) is 15.9 Å². The lowest BCUT2D eigenvalue weighted by atomic mass is 10.0. The molecule has 0 aliphatic carbocycles. The van der Waals surface area contributed by atoms with Gasteiger partial charge in [-0.3, -0.25) is 19.3 Å². The first-order chi connectivity index (χ1) is 16.9. The van der Waals surface area contributed by atoms with Crippen LogP contribution in [0.15, 0.2) is 76.6 Å². The number of nitrogens with one attached hydrogen (secondary N) is 2. The number of rotatable bonds is 7. The number of esters is 1. The van der Waals surface area contributed by atoms with Gasteiger partial charge in [-0.05, 0) is 47.4 Å². The number of fused-ring (bicyclic) bond motifs is 1. The molecule has 1 heterocycles. The molecule has 3 aromatic rings. The van der Waals surface area contributed by atoms with Gasteiger partial charge >= 0.3 is 5.97 Å². The molecular formula is C26H27N3O5S. The molecule has 2 N–H and O–H groups in total. The van der Waals surface area contributed by atoms with Crippen molar-refractivity contribution >= 4 is 44.2 Å². The van der Waals surface area contributed by atoms with Crippen LogP contribution < -0.4 is 10.0 Å². The van der Waals surface area contributed by atoms with E-state index in [2.05, 4.69) is 15.0 Å². The van der Waals surface area contributed by atoms with Crippen LogP contribution in [0.2, 0.25) is 0 Å². The van der Waals surface area contributed by atoms with E-state index in [1.54, 1.807) is 6.07 Å². The third-order valence-corrected chi connectivity index (χ3v) is 7.01. The summed E-state index contributed by atoms with van der Waals surface area (Å²) in [5.41, 5.74) is 1.10. The molecule has 35 heavy (non-hydrogen) atoms. The quantitative estimate of drug-likeness (QED) is 0.486. The van der Waals surface area contributed by atoms with Gasteiger partial charge in [0, 0.05) is 18.7 Å². The van der Waals surface area contributed by atoms with Crippen LogP contribution in [0.4, 0.5) is 5.69 Å². The Hall–Kier alpha value is -3.72.